The fourth-order valence-electron chi connectivity index (χ4n) is 2.25. The summed E-state index contributed by atoms with van der Waals surface area (Å²) in [7, 11) is 0. The van der Waals surface area contributed by atoms with Crippen LogP contribution >= 0.6 is 15.9 Å². The zero-order chi connectivity index (χ0) is 15.5. The molecule has 1 aromatic carbocycles. The van der Waals surface area contributed by atoms with Crippen molar-refractivity contribution in [1.82, 2.24) is 15.1 Å². The summed E-state index contributed by atoms with van der Waals surface area (Å²) in [5, 5.41) is 8.06. The van der Waals surface area contributed by atoms with E-state index in [-0.39, 0.29) is 5.54 Å². The van der Waals surface area contributed by atoms with E-state index < -0.39 is 0 Å². The predicted molar refractivity (Wildman–Crippen MR) is 91.2 cm³/mol. The van der Waals surface area contributed by atoms with E-state index in [1.54, 1.807) is 0 Å². The van der Waals surface area contributed by atoms with Crippen molar-refractivity contribution in [2.75, 3.05) is 0 Å². The Morgan fingerprint density at radius 2 is 1.90 bits per heavy atom. The van der Waals surface area contributed by atoms with Crippen LogP contribution in [0.2, 0.25) is 0 Å². The fourth-order valence-corrected chi connectivity index (χ4v) is 2.52. The van der Waals surface area contributed by atoms with Crippen LogP contribution < -0.4 is 5.32 Å². The van der Waals surface area contributed by atoms with Crippen molar-refractivity contribution in [1.29, 1.82) is 0 Å². The van der Waals surface area contributed by atoms with Crippen LogP contribution in [-0.4, -0.2) is 9.78 Å². The first kappa shape index (κ1) is 16.2. The molecule has 21 heavy (non-hydrogen) atoms. The zero-order valence-electron chi connectivity index (χ0n) is 13.2. The molecule has 1 atom stereocenters. The molecule has 0 aliphatic rings. The minimum absolute atomic E-state index is 0.0358. The molecule has 4 heteroatoms. The Hall–Kier alpha value is -1.13. The second-order valence-corrected chi connectivity index (χ2v) is 7.27. The Kier molecular flexibility index (Phi) is 5.22. The van der Waals surface area contributed by atoms with Crippen molar-refractivity contribution < 1.29 is 0 Å². The summed E-state index contributed by atoms with van der Waals surface area (Å²) in [6.45, 7) is 9.53. The average Bonchev–Trinajstić information content (AvgIpc) is 2.90. The largest absolute Gasteiger partial charge is 0.306 e. The van der Waals surface area contributed by atoms with Gasteiger partial charge < -0.3 is 5.32 Å². The monoisotopic (exact) mass is 349 g/mol. The highest BCUT2D eigenvalue weighted by Gasteiger charge is 2.14. The van der Waals surface area contributed by atoms with Crippen molar-refractivity contribution in [3.8, 4) is 0 Å². The number of nitrogens with one attached hydrogen (secondary N) is 1. The van der Waals surface area contributed by atoms with Crippen LogP contribution in [0.4, 0.5) is 0 Å². The maximum absolute atomic E-state index is 4.45. The molecule has 0 radical (unpaired) electrons. The highest BCUT2D eigenvalue weighted by atomic mass is 79.9. The first-order valence-electron chi connectivity index (χ1n) is 7.43. The number of nitrogens with zero attached hydrogens (tertiary/aromatic N) is 2. The molecule has 1 aromatic heterocycles. The van der Waals surface area contributed by atoms with Crippen LogP contribution in [0.25, 0.3) is 0 Å². The normalized spacial score (nSPS) is 13.4. The second kappa shape index (κ2) is 6.75. The van der Waals surface area contributed by atoms with E-state index >= 15 is 0 Å². The second-order valence-electron chi connectivity index (χ2n) is 6.36. The van der Waals surface area contributed by atoms with E-state index in [0.717, 1.165) is 17.4 Å². The molecule has 3 nitrogen and oxygen atoms in total. The molecule has 2 rings (SSSR count). The van der Waals surface area contributed by atoms with Gasteiger partial charge in [-0.2, -0.15) is 5.10 Å². The number of halogens is 1. The van der Waals surface area contributed by atoms with Crippen molar-refractivity contribution in [3.05, 3.63) is 52.3 Å². The minimum Gasteiger partial charge on any atom is -0.306 e. The third-order valence-electron chi connectivity index (χ3n) is 3.56. The maximum atomic E-state index is 4.45. The smallest absolute Gasteiger partial charge is 0.0543 e. The standard InChI is InChI=1S/C17H24BrN3/c1-5-16(14-6-8-15(18)9-7-14)19-10-13-11-20-21(12-13)17(2,3)4/h6-9,11-12,16,19H,5,10H2,1-4H3. The molecule has 0 aliphatic heterocycles. The predicted octanol–water partition coefficient (Wildman–Crippen LogP) is 4.64. The van der Waals surface area contributed by atoms with Gasteiger partial charge >= 0.3 is 0 Å². The average molecular weight is 350 g/mol. The third kappa shape index (κ3) is 4.42. The zero-order valence-corrected chi connectivity index (χ0v) is 14.8. The number of benzene rings is 1. The van der Waals surface area contributed by atoms with Crippen LogP contribution in [0, 0.1) is 0 Å². The molecular formula is C17H24BrN3. The summed E-state index contributed by atoms with van der Waals surface area (Å²) in [6.07, 6.45) is 5.14. The van der Waals surface area contributed by atoms with E-state index in [9.17, 15) is 0 Å². The molecule has 114 valence electrons. The van der Waals surface area contributed by atoms with Crippen LogP contribution in [0.1, 0.15) is 51.3 Å². The highest BCUT2D eigenvalue weighted by molar-refractivity contribution is 9.10. The maximum Gasteiger partial charge on any atom is 0.0543 e. The lowest BCUT2D eigenvalue weighted by molar-refractivity contribution is 0.355. The number of rotatable bonds is 5. The Morgan fingerprint density at radius 3 is 2.43 bits per heavy atom. The summed E-state index contributed by atoms with van der Waals surface area (Å²) in [4.78, 5) is 0. The van der Waals surface area contributed by atoms with Gasteiger partial charge in [-0.1, -0.05) is 35.0 Å². The molecule has 2 aromatic rings. The molecule has 0 aliphatic carbocycles. The molecular weight excluding hydrogens is 326 g/mol. The van der Waals surface area contributed by atoms with Gasteiger partial charge in [0.1, 0.15) is 0 Å². The van der Waals surface area contributed by atoms with Crippen LogP contribution in [0.3, 0.4) is 0 Å². The molecule has 1 N–H and O–H groups in total. The van der Waals surface area contributed by atoms with Gasteiger partial charge in [0.05, 0.1) is 11.7 Å². The molecule has 0 spiro atoms. The van der Waals surface area contributed by atoms with Gasteiger partial charge in [-0.3, -0.25) is 4.68 Å². The van der Waals surface area contributed by atoms with Gasteiger partial charge in [0.15, 0.2) is 0 Å². The molecule has 0 saturated heterocycles. The Labute approximate surface area is 135 Å². The molecule has 0 fully saturated rings. The SMILES string of the molecule is CCC(NCc1cnn(C(C)(C)C)c1)c1ccc(Br)cc1. The van der Waals surface area contributed by atoms with Crippen molar-refractivity contribution in [2.24, 2.45) is 0 Å². The molecule has 0 amide bonds. The van der Waals surface area contributed by atoms with Gasteiger partial charge in [0, 0.05) is 28.8 Å². The topological polar surface area (TPSA) is 29.9 Å². The van der Waals surface area contributed by atoms with E-state index in [1.165, 1.54) is 11.1 Å². The summed E-state index contributed by atoms with van der Waals surface area (Å²) in [5.74, 6) is 0. The Morgan fingerprint density at radius 1 is 1.24 bits per heavy atom. The van der Waals surface area contributed by atoms with E-state index in [4.69, 9.17) is 0 Å². The first-order chi connectivity index (χ1) is 9.90. The number of hydrogen-bond acceptors (Lipinski definition) is 2. The van der Waals surface area contributed by atoms with E-state index in [2.05, 4.69) is 84.5 Å². The summed E-state index contributed by atoms with van der Waals surface area (Å²) >= 11 is 3.48. The molecule has 1 unspecified atom stereocenters. The van der Waals surface area contributed by atoms with Crippen molar-refractivity contribution >= 4 is 15.9 Å². The van der Waals surface area contributed by atoms with Gasteiger partial charge in [-0.25, -0.2) is 0 Å². The first-order valence-corrected chi connectivity index (χ1v) is 8.22. The number of aromatic nitrogens is 2. The number of hydrogen-bond donors (Lipinski definition) is 1. The van der Waals surface area contributed by atoms with Crippen LogP contribution in [0.5, 0.6) is 0 Å². The molecule has 1 heterocycles. The van der Waals surface area contributed by atoms with Crippen LogP contribution in [0.15, 0.2) is 41.1 Å². The van der Waals surface area contributed by atoms with Crippen LogP contribution in [-0.2, 0) is 12.1 Å². The summed E-state index contributed by atoms with van der Waals surface area (Å²) in [6, 6.07) is 8.90. The van der Waals surface area contributed by atoms with Gasteiger partial charge in [0.2, 0.25) is 0 Å². The van der Waals surface area contributed by atoms with E-state index in [0.29, 0.717) is 6.04 Å². The third-order valence-corrected chi connectivity index (χ3v) is 4.09. The molecule has 0 bridgehead atoms. The lowest BCUT2D eigenvalue weighted by Gasteiger charge is -2.19. The van der Waals surface area contributed by atoms with Crippen molar-refractivity contribution in [2.45, 2.75) is 52.2 Å². The Balaban J connectivity index is 2.00. The highest BCUT2D eigenvalue weighted by Crippen LogP contribution is 2.20. The van der Waals surface area contributed by atoms with Gasteiger partial charge in [0.25, 0.3) is 0 Å². The lowest BCUT2D eigenvalue weighted by atomic mass is 10.0. The minimum atomic E-state index is 0.0358. The summed E-state index contributed by atoms with van der Waals surface area (Å²) < 4.78 is 3.14. The van der Waals surface area contributed by atoms with Gasteiger partial charge in [-0.05, 0) is 44.9 Å². The fraction of sp³-hybridized carbons (Fsp3) is 0.471. The quantitative estimate of drug-likeness (QED) is 0.851. The molecule has 0 saturated carbocycles. The van der Waals surface area contributed by atoms with Crippen molar-refractivity contribution in [3.63, 3.8) is 0 Å². The lowest BCUT2D eigenvalue weighted by Crippen LogP contribution is -2.22. The van der Waals surface area contributed by atoms with Gasteiger partial charge in [-0.15, -0.1) is 0 Å². The summed E-state index contributed by atoms with van der Waals surface area (Å²) in [5.41, 5.74) is 2.58. The van der Waals surface area contributed by atoms with E-state index in [1.807, 2.05) is 10.9 Å². The Bertz CT molecular complexity index is 566.